The molecule has 0 radical (unpaired) electrons. The quantitative estimate of drug-likeness (QED) is 0.789. The van der Waals surface area contributed by atoms with Crippen molar-refractivity contribution in [2.45, 2.75) is 20.3 Å². The van der Waals surface area contributed by atoms with Crippen molar-refractivity contribution in [1.82, 2.24) is 14.9 Å². The summed E-state index contributed by atoms with van der Waals surface area (Å²) in [4.78, 5) is 22.1. The summed E-state index contributed by atoms with van der Waals surface area (Å²) in [7, 11) is 0. The van der Waals surface area contributed by atoms with E-state index in [4.69, 9.17) is 18.0 Å². The van der Waals surface area contributed by atoms with Crippen LogP contribution in [0.15, 0.2) is 12.4 Å². The first-order valence-electron chi connectivity index (χ1n) is 5.40. The van der Waals surface area contributed by atoms with Crippen LogP contribution in [0.3, 0.4) is 0 Å². The van der Waals surface area contributed by atoms with E-state index >= 15 is 0 Å². The molecule has 1 aromatic rings. The summed E-state index contributed by atoms with van der Waals surface area (Å²) in [5.41, 5.74) is 6.56. The fraction of sp³-hybridized carbons (Fsp3) is 0.455. The molecule has 0 aliphatic rings. The molecule has 17 heavy (non-hydrogen) atoms. The van der Waals surface area contributed by atoms with Crippen LogP contribution in [0, 0.1) is 6.92 Å². The third-order valence-corrected chi connectivity index (χ3v) is 2.26. The van der Waals surface area contributed by atoms with Crippen LogP contribution in [0.2, 0.25) is 0 Å². The van der Waals surface area contributed by atoms with Crippen molar-refractivity contribution in [2.24, 2.45) is 5.73 Å². The predicted molar refractivity (Wildman–Crippen MR) is 69.7 cm³/mol. The lowest BCUT2D eigenvalue weighted by molar-refractivity contribution is 0.0773. The van der Waals surface area contributed by atoms with Gasteiger partial charge in [-0.05, 0) is 13.3 Å². The highest BCUT2D eigenvalue weighted by atomic mass is 32.1. The summed E-state index contributed by atoms with van der Waals surface area (Å²) >= 11 is 4.82. The van der Waals surface area contributed by atoms with Gasteiger partial charge in [-0.1, -0.05) is 19.1 Å². The number of hydrogen-bond donors (Lipinski definition) is 1. The molecule has 5 nitrogen and oxygen atoms in total. The molecule has 0 saturated heterocycles. The number of thiocarbonyl (C=S) groups is 1. The number of nitrogens with two attached hydrogens (primary N) is 1. The van der Waals surface area contributed by atoms with Gasteiger partial charge in [0.15, 0.2) is 0 Å². The summed E-state index contributed by atoms with van der Waals surface area (Å²) in [5.74, 6) is -0.188. The van der Waals surface area contributed by atoms with Gasteiger partial charge in [0.25, 0.3) is 5.91 Å². The lowest BCUT2D eigenvalue weighted by atomic mass is 10.3. The monoisotopic (exact) mass is 252 g/mol. The van der Waals surface area contributed by atoms with Crippen molar-refractivity contribution < 1.29 is 4.79 Å². The number of rotatable bonds is 5. The Kier molecular flexibility index (Phi) is 4.96. The highest BCUT2D eigenvalue weighted by Crippen LogP contribution is 2.02. The van der Waals surface area contributed by atoms with Crippen molar-refractivity contribution >= 4 is 23.1 Å². The molecule has 6 heteroatoms. The maximum atomic E-state index is 12.1. The first-order valence-corrected chi connectivity index (χ1v) is 5.81. The maximum Gasteiger partial charge on any atom is 0.274 e. The summed E-state index contributed by atoms with van der Waals surface area (Å²) in [5, 5.41) is 0. The van der Waals surface area contributed by atoms with E-state index in [0.29, 0.717) is 17.2 Å². The van der Waals surface area contributed by atoms with Crippen molar-refractivity contribution in [3.05, 3.63) is 23.8 Å². The molecule has 0 aliphatic carbocycles. The summed E-state index contributed by atoms with van der Waals surface area (Å²) < 4.78 is 0. The normalized spacial score (nSPS) is 10.0. The largest absolute Gasteiger partial charge is 0.392 e. The molecular formula is C11H16N4OS. The molecule has 92 valence electrons. The lowest BCUT2D eigenvalue weighted by Gasteiger charge is -2.20. The second-order valence-corrected chi connectivity index (χ2v) is 4.26. The number of hydrogen-bond acceptors (Lipinski definition) is 4. The van der Waals surface area contributed by atoms with E-state index < -0.39 is 0 Å². The third-order valence-electron chi connectivity index (χ3n) is 2.13. The van der Waals surface area contributed by atoms with E-state index in [-0.39, 0.29) is 12.5 Å². The molecule has 2 N–H and O–H groups in total. The lowest BCUT2D eigenvalue weighted by Crippen LogP contribution is -2.38. The Morgan fingerprint density at radius 3 is 2.65 bits per heavy atom. The van der Waals surface area contributed by atoms with Crippen LogP contribution in [0.4, 0.5) is 0 Å². The summed E-state index contributed by atoms with van der Waals surface area (Å²) in [6, 6.07) is 0. The first-order chi connectivity index (χ1) is 8.04. The van der Waals surface area contributed by atoms with Crippen molar-refractivity contribution in [3.8, 4) is 0 Å². The molecule has 0 fully saturated rings. The van der Waals surface area contributed by atoms with Crippen LogP contribution in [-0.2, 0) is 0 Å². The molecule has 1 rings (SSSR count). The number of aryl methyl sites for hydroxylation is 1. The van der Waals surface area contributed by atoms with Gasteiger partial charge in [-0.2, -0.15) is 0 Å². The highest BCUT2D eigenvalue weighted by molar-refractivity contribution is 7.80. The van der Waals surface area contributed by atoms with Gasteiger partial charge in [0, 0.05) is 12.7 Å². The van der Waals surface area contributed by atoms with E-state index in [0.717, 1.165) is 12.1 Å². The molecule has 1 aromatic heterocycles. The van der Waals surface area contributed by atoms with Gasteiger partial charge in [-0.3, -0.25) is 9.78 Å². The van der Waals surface area contributed by atoms with Crippen LogP contribution in [0.5, 0.6) is 0 Å². The van der Waals surface area contributed by atoms with Gasteiger partial charge in [0.2, 0.25) is 0 Å². The van der Waals surface area contributed by atoms with Gasteiger partial charge in [-0.25, -0.2) is 4.98 Å². The Labute approximate surface area is 106 Å². The zero-order valence-corrected chi connectivity index (χ0v) is 10.8. The second kappa shape index (κ2) is 6.24. The Morgan fingerprint density at radius 1 is 1.47 bits per heavy atom. The molecule has 1 amide bonds. The molecular weight excluding hydrogens is 236 g/mol. The number of aromatic nitrogens is 2. The van der Waals surface area contributed by atoms with Crippen LogP contribution >= 0.6 is 12.2 Å². The maximum absolute atomic E-state index is 12.1. The van der Waals surface area contributed by atoms with Gasteiger partial charge in [-0.15, -0.1) is 0 Å². The number of amides is 1. The Morgan fingerprint density at radius 2 is 2.18 bits per heavy atom. The summed E-state index contributed by atoms with van der Waals surface area (Å²) in [6.07, 6.45) is 3.88. The third kappa shape index (κ3) is 4.07. The Hall–Kier alpha value is -1.56. The molecule has 0 spiro atoms. The van der Waals surface area contributed by atoms with Crippen molar-refractivity contribution in [2.75, 3.05) is 13.1 Å². The van der Waals surface area contributed by atoms with E-state index in [1.807, 2.05) is 13.8 Å². The van der Waals surface area contributed by atoms with Gasteiger partial charge >= 0.3 is 0 Å². The molecule has 0 aromatic carbocycles. The molecule has 0 aliphatic heterocycles. The van der Waals surface area contributed by atoms with Gasteiger partial charge in [0.1, 0.15) is 5.69 Å². The second-order valence-electron chi connectivity index (χ2n) is 3.74. The summed E-state index contributed by atoms with van der Waals surface area (Å²) in [6.45, 7) is 4.68. The minimum Gasteiger partial charge on any atom is -0.392 e. The minimum absolute atomic E-state index is 0.188. The minimum atomic E-state index is -0.188. The molecule has 0 bridgehead atoms. The molecule has 0 saturated carbocycles. The molecule has 0 unspecified atom stereocenters. The highest BCUT2D eigenvalue weighted by Gasteiger charge is 2.17. The fourth-order valence-electron chi connectivity index (χ4n) is 1.38. The van der Waals surface area contributed by atoms with Crippen LogP contribution in [0.1, 0.15) is 29.5 Å². The topological polar surface area (TPSA) is 72.1 Å². The molecule has 1 heterocycles. The van der Waals surface area contributed by atoms with E-state index in [9.17, 15) is 4.79 Å². The smallest absolute Gasteiger partial charge is 0.274 e. The fourth-order valence-corrected chi connectivity index (χ4v) is 1.53. The van der Waals surface area contributed by atoms with Gasteiger partial charge < -0.3 is 10.6 Å². The van der Waals surface area contributed by atoms with Gasteiger partial charge in [0.05, 0.1) is 23.4 Å². The zero-order chi connectivity index (χ0) is 12.8. The van der Waals surface area contributed by atoms with Crippen LogP contribution < -0.4 is 5.73 Å². The predicted octanol–water partition coefficient (Wildman–Crippen LogP) is 0.923. The number of carbonyl (C=O) groups is 1. The number of carbonyl (C=O) groups excluding carboxylic acids is 1. The molecule has 0 atom stereocenters. The van der Waals surface area contributed by atoms with E-state index in [1.165, 1.54) is 6.20 Å². The van der Waals surface area contributed by atoms with Crippen molar-refractivity contribution in [1.29, 1.82) is 0 Å². The van der Waals surface area contributed by atoms with E-state index in [1.54, 1.807) is 11.1 Å². The van der Waals surface area contributed by atoms with E-state index in [2.05, 4.69) is 9.97 Å². The number of nitrogens with zero attached hydrogens (tertiary/aromatic N) is 3. The zero-order valence-electron chi connectivity index (χ0n) is 10.0. The average Bonchev–Trinajstić information content (AvgIpc) is 2.28. The standard InChI is InChI=1S/C11H16N4OS/c1-3-4-15(7-10(12)17)11(16)9-6-13-8(2)5-14-9/h5-6H,3-4,7H2,1-2H3,(H2,12,17). The Balaban J connectivity index is 2.83. The Bertz CT molecular complexity index is 404. The van der Waals surface area contributed by atoms with Crippen molar-refractivity contribution in [3.63, 3.8) is 0 Å². The van der Waals surface area contributed by atoms with Crippen LogP contribution in [0.25, 0.3) is 0 Å². The SMILES string of the molecule is CCCN(CC(N)=S)C(=O)c1cnc(C)cn1. The average molecular weight is 252 g/mol. The van der Waals surface area contributed by atoms with Crippen LogP contribution in [-0.4, -0.2) is 38.9 Å². The first kappa shape index (κ1) is 13.5.